The van der Waals surface area contributed by atoms with Crippen molar-refractivity contribution in [2.75, 3.05) is 0 Å². The molecule has 0 saturated heterocycles. The number of hydrogen-bond donors (Lipinski definition) is 0. The zero-order valence-electron chi connectivity index (χ0n) is 32.6. The van der Waals surface area contributed by atoms with E-state index < -0.39 is 0 Å². The van der Waals surface area contributed by atoms with Crippen LogP contribution in [-0.4, -0.2) is 19.5 Å². The quantitative estimate of drug-likeness (QED) is 0.174. The Morgan fingerprint density at radius 1 is 0.311 bits per heavy atom. The van der Waals surface area contributed by atoms with E-state index in [0.29, 0.717) is 17.5 Å². The van der Waals surface area contributed by atoms with Gasteiger partial charge in [-0.15, -0.1) is 0 Å². The molecule has 0 aliphatic rings. The molecule has 0 saturated carbocycles. The minimum atomic E-state index is 0.547. The first-order valence-corrected chi connectivity index (χ1v) is 20.4. The van der Waals surface area contributed by atoms with Crippen molar-refractivity contribution < 1.29 is 8.83 Å². The van der Waals surface area contributed by atoms with Gasteiger partial charge in [0.15, 0.2) is 17.5 Å². The number of benzene rings is 9. The lowest BCUT2D eigenvalue weighted by molar-refractivity contribution is 0.668. The molecule has 0 aliphatic carbocycles. The first-order chi connectivity index (χ1) is 30.2. The fraction of sp³-hybridized carbons (Fsp3) is 0. The van der Waals surface area contributed by atoms with Gasteiger partial charge in [0.25, 0.3) is 0 Å². The number of rotatable bonds is 5. The molecule has 0 bridgehead atoms. The zero-order valence-corrected chi connectivity index (χ0v) is 32.6. The lowest BCUT2D eigenvalue weighted by atomic mass is 10.0. The number of fused-ring (bicyclic) bond motifs is 10. The van der Waals surface area contributed by atoms with Crippen LogP contribution >= 0.6 is 0 Å². The van der Waals surface area contributed by atoms with Crippen molar-refractivity contribution in [3.8, 4) is 51.0 Å². The van der Waals surface area contributed by atoms with Crippen LogP contribution in [0.1, 0.15) is 0 Å². The fourth-order valence-electron chi connectivity index (χ4n) is 9.10. The Bertz CT molecular complexity index is 3880. The highest BCUT2D eigenvalue weighted by Crippen LogP contribution is 2.42. The second kappa shape index (κ2) is 13.1. The summed E-state index contributed by atoms with van der Waals surface area (Å²) in [4.78, 5) is 15.9. The summed E-state index contributed by atoms with van der Waals surface area (Å²) in [7, 11) is 0. The summed E-state index contributed by atoms with van der Waals surface area (Å²) >= 11 is 0. The lowest BCUT2D eigenvalue weighted by Crippen LogP contribution is -2.04. The maximum atomic E-state index is 6.60. The zero-order chi connectivity index (χ0) is 40.0. The van der Waals surface area contributed by atoms with E-state index in [1.165, 1.54) is 10.8 Å². The highest BCUT2D eigenvalue weighted by atomic mass is 16.3. The van der Waals surface area contributed by atoms with Gasteiger partial charge in [-0.25, -0.2) is 15.0 Å². The number of aromatic nitrogens is 4. The predicted molar refractivity (Wildman–Crippen MR) is 248 cm³/mol. The molecule has 0 aliphatic heterocycles. The summed E-state index contributed by atoms with van der Waals surface area (Å²) in [5.74, 6) is 1.66. The maximum Gasteiger partial charge on any atom is 0.166 e. The van der Waals surface area contributed by atoms with E-state index >= 15 is 0 Å². The Morgan fingerprint density at radius 2 is 0.852 bits per heavy atom. The molecule has 0 N–H and O–H groups in total. The van der Waals surface area contributed by atoms with E-state index in [1.54, 1.807) is 0 Å². The molecule has 0 spiro atoms. The largest absolute Gasteiger partial charge is 0.456 e. The van der Waals surface area contributed by atoms with Crippen LogP contribution < -0.4 is 0 Å². The van der Waals surface area contributed by atoms with E-state index in [1.807, 2.05) is 42.5 Å². The molecule has 4 aromatic heterocycles. The van der Waals surface area contributed by atoms with Crippen LogP contribution in [0.25, 0.3) is 127 Å². The highest BCUT2D eigenvalue weighted by molar-refractivity contribution is 6.15. The van der Waals surface area contributed by atoms with Gasteiger partial charge < -0.3 is 13.4 Å². The molecule has 0 radical (unpaired) electrons. The smallest absolute Gasteiger partial charge is 0.166 e. The Labute approximate surface area is 348 Å². The van der Waals surface area contributed by atoms with Gasteiger partial charge in [-0.1, -0.05) is 140 Å². The molecule has 0 amide bonds. The number of para-hydroxylation sites is 3. The molecule has 6 heteroatoms. The maximum absolute atomic E-state index is 6.60. The van der Waals surface area contributed by atoms with Crippen molar-refractivity contribution in [1.82, 2.24) is 19.5 Å². The molecule has 6 nitrogen and oxygen atoms in total. The van der Waals surface area contributed by atoms with Gasteiger partial charge in [-0.3, -0.25) is 0 Å². The lowest BCUT2D eigenvalue weighted by Gasteiger charge is -2.15. The molecule has 13 rings (SSSR count). The van der Waals surface area contributed by atoms with E-state index in [2.05, 4.69) is 156 Å². The summed E-state index contributed by atoms with van der Waals surface area (Å²) in [5, 5.41) is 8.81. The van der Waals surface area contributed by atoms with Crippen LogP contribution in [0.15, 0.2) is 203 Å². The summed E-state index contributed by atoms with van der Waals surface area (Å²) in [6.07, 6.45) is 0. The molecular formula is C55H32N4O2. The van der Waals surface area contributed by atoms with Gasteiger partial charge in [-0.05, 0) is 70.4 Å². The van der Waals surface area contributed by atoms with Crippen molar-refractivity contribution in [1.29, 1.82) is 0 Å². The normalized spacial score (nSPS) is 11.9. The molecule has 0 atom stereocenters. The van der Waals surface area contributed by atoms with E-state index in [0.717, 1.165) is 99.2 Å². The topological polar surface area (TPSA) is 69.9 Å². The van der Waals surface area contributed by atoms with Crippen LogP contribution in [0.3, 0.4) is 0 Å². The van der Waals surface area contributed by atoms with E-state index in [4.69, 9.17) is 23.8 Å². The third-order valence-electron chi connectivity index (χ3n) is 12.0. The van der Waals surface area contributed by atoms with Gasteiger partial charge in [0.1, 0.15) is 22.3 Å². The van der Waals surface area contributed by atoms with Gasteiger partial charge in [0.05, 0.1) is 16.7 Å². The van der Waals surface area contributed by atoms with Crippen LogP contribution in [0.5, 0.6) is 0 Å². The third-order valence-corrected chi connectivity index (χ3v) is 12.0. The van der Waals surface area contributed by atoms with Gasteiger partial charge in [0.2, 0.25) is 0 Å². The Balaban J connectivity index is 1.10. The molecule has 61 heavy (non-hydrogen) atoms. The fourth-order valence-corrected chi connectivity index (χ4v) is 9.10. The van der Waals surface area contributed by atoms with Crippen molar-refractivity contribution in [2.24, 2.45) is 0 Å². The Hall–Kier alpha value is -8.35. The SMILES string of the molecule is c1ccc(-c2ccc(-c3nc(-c4ccc5c(c4)oc4ccccc45)nc(-c4cc5c(cc4-n4c6ccccc6c6cc7ccccc7cc64)oc4ccccc45)n3)cc2)cc1. The number of nitrogens with zero attached hydrogens (tertiary/aromatic N) is 4. The van der Waals surface area contributed by atoms with Crippen molar-refractivity contribution in [3.63, 3.8) is 0 Å². The summed E-state index contributed by atoms with van der Waals surface area (Å²) in [6.45, 7) is 0. The molecule has 0 fully saturated rings. The minimum Gasteiger partial charge on any atom is -0.456 e. The molecule has 284 valence electrons. The van der Waals surface area contributed by atoms with Gasteiger partial charge >= 0.3 is 0 Å². The standard InChI is InChI=1S/C55H32N4O2/c1-2-12-33(13-3-1)34-22-24-35(25-23-34)53-56-54(38-26-27-42-40-17-7-10-20-49(40)60-51(42)30-38)58-55(57-53)45-31-44-41-18-8-11-21-50(41)61-52(44)32-48(45)59-46-19-9-6-16-39(46)43-28-36-14-4-5-15-37(36)29-47(43)59/h1-32H. The summed E-state index contributed by atoms with van der Waals surface area (Å²) < 4.78 is 15.3. The summed E-state index contributed by atoms with van der Waals surface area (Å²) in [6, 6.07) is 67.5. The Kier molecular flexibility index (Phi) is 7.21. The van der Waals surface area contributed by atoms with Crippen LogP contribution in [0, 0.1) is 0 Å². The predicted octanol–water partition coefficient (Wildman–Crippen LogP) is 14.6. The molecular weight excluding hydrogens is 749 g/mol. The average Bonchev–Trinajstić information content (AvgIpc) is 3.99. The number of furan rings is 2. The van der Waals surface area contributed by atoms with Gasteiger partial charge in [-0.2, -0.15) is 0 Å². The van der Waals surface area contributed by atoms with Crippen molar-refractivity contribution in [2.45, 2.75) is 0 Å². The highest BCUT2D eigenvalue weighted by Gasteiger charge is 2.23. The van der Waals surface area contributed by atoms with Crippen LogP contribution in [0.2, 0.25) is 0 Å². The Morgan fingerprint density at radius 3 is 1.62 bits per heavy atom. The monoisotopic (exact) mass is 780 g/mol. The third kappa shape index (κ3) is 5.32. The first kappa shape index (κ1) is 33.6. The molecule has 0 unspecified atom stereocenters. The minimum absolute atomic E-state index is 0.547. The number of hydrogen-bond acceptors (Lipinski definition) is 5. The van der Waals surface area contributed by atoms with E-state index in [-0.39, 0.29) is 0 Å². The van der Waals surface area contributed by atoms with E-state index in [9.17, 15) is 0 Å². The first-order valence-electron chi connectivity index (χ1n) is 20.4. The van der Waals surface area contributed by atoms with Crippen LogP contribution in [-0.2, 0) is 0 Å². The summed E-state index contributed by atoms with van der Waals surface area (Å²) in [5.41, 5.74) is 11.1. The molecule has 9 aromatic carbocycles. The molecule has 13 aromatic rings. The van der Waals surface area contributed by atoms with Crippen LogP contribution in [0.4, 0.5) is 0 Å². The van der Waals surface area contributed by atoms with Crippen molar-refractivity contribution in [3.05, 3.63) is 194 Å². The molecule has 4 heterocycles. The average molecular weight is 781 g/mol. The second-order valence-corrected chi connectivity index (χ2v) is 15.6. The van der Waals surface area contributed by atoms with Crippen molar-refractivity contribution >= 4 is 76.5 Å². The van der Waals surface area contributed by atoms with Gasteiger partial charge in [0, 0.05) is 55.1 Å². The second-order valence-electron chi connectivity index (χ2n) is 15.6.